The van der Waals surface area contributed by atoms with Crippen molar-refractivity contribution in [2.45, 2.75) is 19.9 Å². The summed E-state index contributed by atoms with van der Waals surface area (Å²) in [6.45, 7) is 3.59. The lowest BCUT2D eigenvalue weighted by atomic mass is 9.94. The molecule has 22 heavy (non-hydrogen) atoms. The third-order valence-corrected chi connectivity index (χ3v) is 3.91. The van der Waals surface area contributed by atoms with Gasteiger partial charge in [0.1, 0.15) is 11.6 Å². The molecule has 1 aliphatic heterocycles. The number of benzene rings is 1. The first-order valence-electron chi connectivity index (χ1n) is 6.73. The highest BCUT2D eigenvalue weighted by molar-refractivity contribution is 7.80. The molecule has 1 atom stereocenters. The standard InChI is InChI=1S/C15H16F2N2O2S/c1-4-21-14(20)12-8(2)19(3)15(22)18-13(12)10-6-5-9(16)7-11(10)17/h5-7,13H,4H2,1-3H3,(H,18,22)/t13-/m0/s1. The zero-order valence-electron chi connectivity index (χ0n) is 12.4. The fraction of sp³-hybridized carbons (Fsp3) is 0.333. The lowest BCUT2D eigenvalue weighted by Gasteiger charge is -2.35. The van der Waals surface area contributed by atoms with Crippen molar-refractivity contribution < 1.29 is 18.3 Å². The van der Waals surface area contributed by atoms with E-state index in [0.29, 0.717) is 10.8 Å². The zero-order chi connectivity index (χ0) is 16.4. The Morgan fingerprint density at radius 2 is 2.14 bits per heavy atom. The van der Waals surface area contributed by atoms with E-state index in [9.17, 15) is 13.6 Å². The van der Waals surface area contributed by atoms with Gasteiger partial charge in [0.05, 0.1) is 18.2 Å². The van der Waals surface area contributed by atoms with E-state index in [2.05, 4.69) is 5.32 Å². The molecule has 0 bridgehead atoms. The third kappa shape index (κ3) is 2.94. The summed E-state index contributed by atoms with van der Waals surface area (Å²) >= 11 is 5.19. The maximum absolute atomic E-state index is 14.1. The summed E-state index contributed by atoms with van der Waals surface area (Å²) in [6, 6.07) is 2.39. The highest BCUT2D eigenvalue weighted by Gasteiger charge is 2.34. The van der Waals surface area contributed by atoms with Crippen molar-refractivity contribution >= 4 is 23.3 Å². The number of hydrogen-bond acceptors (Lipinski definition) is 3. The van der Waals surface area contributed by atoms with E-state index in [4.69, 9.17) is 17.0 Å². The molecule has 0 amide bonds. The molecular formula is C15H16F2N2O2S. The lowest BCUT2D eigenvalue weighted by molar-refractivity contribution is -0.139. The van der Waals surface area contributed by atoms with Gasteiger partial charge in [0.2, 0.25) is 0 Å². The Morgan fingerprint density at radius 1 is 1.45 bits per heavy atom. The van der Waals surface area contributed by atoms with E-state index in [1.165, 1.54) is 6.07 Å². The number of carbonyl (C=O) groups excluding carboxylic acids is 1. The Hall–Kier alpha value is -2.02. The molecule has 0 saturated carbocycles. The normalized spacial score (nSPS) is 18.3. The van der Waals surface area contributed by atoms with Gasteiger partial charge in [-0.25, -0.2) is 13.6 Å². The molecule has 4 nitrogen and oxygen atoms in total. The van der Waals surface area contributed by atoms with Crippen LogP contribution in [0.3, 0.4) is 0 Å². The van der Waals surface area contributed by atoms with Crippen molar-refractivity contribution in [1.29, 1.82) is 0 Å². The van der Waals surface area contributed by atoms with Crippen molar-refractivity contribution in [2.24, 2.45) is 0 Å². The van der Waals surface area contributed by atoms with Crippen LogP contribution in [0.5, 0.6) is 0 Å². The van der Waals surface area contributed by atoms with Gasteiger partial charge < -0.3 is 15.0 Å². The van der Waals surface area contributed by atoms with Gasteiger partial charge in [-0.1, -0.05) is 6.07 Å². The fourth-order valence-electron chi connectivity index (χ4n) is 2.28. The number of esters is 1. The van der Waals surface area contributed by atoms with E-state index in [1.54, 1.807) is 25.8 Å². The van der Waals surface area contributed by atoms with Crippen LogP contribution in [-0.4, -0.2) is 29.6 Å². The minimum Gasteiger partial charge on any atom is -0.463 e. The highest BCUT2D eigenvalue weighted by atomic mass is 32.1. The van der Waals surface area contributed by atoms with Gasteiger partial charge in [-0.2, -0.15) is 0 Å². The molecule has 1 aliphatic rings. The molecule has 0 aliphatic carbocycles. The second-order valence-electron chi connectivity index (χ2n) is 4.83. The Kier molecular flexibility index (Phi) is 4.75. The molecule has 1 N–H and O–H groups in total. The average molecular weight is 326 g/mol. The van der Waals surface area contributed by atoms with Gasteiger partial charge in [-0.15, -0.1) is 0 Å². The molecule has 0 aromatic heterocycles. The molecule has 0 saturated heterocycles. The summed E-state index contributed by atoms with van der Waals surface area (Å²) in [5, 5.41) is 3.25. The number of carbonyl (C=O) groups is 1. The van der Waals surface area contributed by atoms with Crippen LogP contribution in [0.2, 0.25) is 0 Å². The van der Waals surface area contributed by atoms with Gasteiger partial charge in [-0.05, 0) is 32.1 Å². The number of thiocarbonyl (C=S) groups is 1. The smallest absolute Gasteiger partial charge is 0.338 e. The summed E-state index contributed by atoms with van der Waals surface area (Å²) in [5.41, 5.74) is 0.957. The molecule has 7 heteroatoms. The molecule has 1 heterocycles. The van der Waals surface area contributed by atoms with E-state index in [1.807, 2.05) is 0 Å². The number of ether oxygens (including phenoxy) is 1. The molecule has 0 spiro atoms. The number of nitrogens with one attached hydrogen (secondary N) is 1. The average Bonchev–Trinajstić information content (AvgIpc) is 2.44. The second-order valence-corrected chi connectivity index (χ2v) is 5.21. The number of allylic oxidation sites excluding steroid dienone is 1. The van der Waals surface area contributed by atoms with Gasteiger partial charge in [-0.3, -0.25) is 0 Å². The summed E-state index contributed by atoms with van der Waals surface area (Å²) in [7, 11) is 1.70. The Morgan fingerprint density at radius 3 is 2.73 bits per heavy atom. The molecule has 0 fully saturated rings. The van der Waals surface area contributed by atoms with Crippen LogP contribution in [0.25, 0.3) is 0 Å². The predicted molar refractivity (Wildman–Crippen MR) is 81.9 cm³/mol. The molecule has 0 unspecified atom stereocenters. The number of rotatable bonds is 3. The first kappa shape index (κ1) is 16.4. The summed E-state index contributed by atoms with van der Waals surface area (Å²) in [5.74, 6) is -2.00. The number of hydrogen-bond donors (Lipinski definition) is 1. The van der Waals surface area contributed by atoms with E-state index < -0.39 is 23.6 Å². The van der Waals surface area contributed by atoms with Gasteiger partial charge in [0.25, 0.3) is 0 Å². The molecule has 118 valence electrons. The van der Waals surface area contributed by atoms with Gasteiger partial charge >= 0.3 is 5.97 Å². The van der Waals surface area contributed by atoms with Crippen LogP contribution in [0.15, 0.2) is 29.5 Å². The first-order valence-corrected chi connectivity index (χ1v) is 7.14. The lowest BCUT2D eigenvalue weighted by Crippen LogP contribution is -2.46. The summed E-state index contributed by atoms with van der Waals surface area (Å²) < 4.78 is 32.3. The number of nitrogens with zero attached hydrogens (tertiary/aromatic N) is 1. The maximum atomic E-state index is 14.1. The fourth-order valence-corrected chi connectivity index (χ4v) is 2.53. The first-order chi connectivity index (χ1) is 10.4. The van der Waals surface area contributed by atoms with Gasteiger partial charge in [0, 0.05) is 24.4 Å². The van der Waals surface area contributed by atoms with Crippen molar-refractivity contribution in [3.63, 3.8) is 0 Å². The second kappa shape index (κ2) is 6.39. The van der Waals surface area contributed by atoms with Crippen molar-refractivity contribution in [3.8, 4) is 0 Å². The van der Waals surface area contributed by atoms with Crippen molar-refractivity contribution in [3.05, 3.63) is 46.7 Å². The van der Waals surface area contributed by atoms with E-state index in [0.717, 1.165) is 12.1 Å². The van der Waals surface area contributed by atoms with Crippen LogP contribution in [0.1, 0.15) is 25.5 Å². The maximum Gasteiger partial charge on any atom is 0.338 e. The van der Waals surface area contributed by atoms with Crippen LogP contribution >= 0.6 is 12.2 Å². The third-order valence-electron chi connectivity index (χ3n) is 3.52. The van der Waals surface area contributed by atoms with Crippen molar-refractivity contribution in [1.82, 2.24) is 10.2 Å². The molecule has 1 aromatic rings. The van der Waals surface area contributed by atoms with E-state index in [-0.39, 0.29) is 17.7 Å². The van der Waals surface area contributed by atoms with Crippen molar-refractivity contribution in [2.75, 3.05) is 13.7 Å². The minimum absolute atomic E-state index is 0.138. The van der Waals surface area contributed by atoms with Crippen LogP contribution in [0.4, 0.5) is 8.78 Å². The molecule has 0 radical (unpaired) electrons. The largest absolute Gasteiger partial charge is 0.463 e. The highest BCUT2D eigenvalue weighted by Crippen LogP contribution is 2.32. The SMILES string of the molecule is CCOC(=O)C1=C(C)N(C)C(=S)N[C@H]1c1ccc(F)cc1F. The minimum atomic E-state index is -0.816. The summed E-state index contributed by atoms with van der Waals surface area (Å²) in [4.78, 5) is 13.8. The summed E-state index contributed by atoms with van der Waals surface area (Å²) in [6.07, 6.45) is 0. The zero-order valence-corrected chi connectivity index (χ0v) is 13.3. The Bertz CT molecular complexity index is 661. The van der Waals surface area contributed by atoms with E-state index >= 15 is 0 Å². The Labute approximate surface area is 132 Å². The van der Waals surface area contributed by atoms with Gasteiger partial charge in [0.15, 0.2) is 5.11 Å². The van der Waals surface area contributed by atoms with Crippen LogP contribution in [0, 0.1) is 11.6 Å². The quantitative estimate of drug-likeness (QED) is 0.683. The van der Waals surface area contributed by atoms with Crippen LogP contribution in [-0.2, 0) is 9.53 Å². The predicted octanol–water partition coefficient (Wildman–Crippen LogP) is 2.66. The monoisotopic (exact) mass is 326 g/mol. The van der Waals surface area contributed by atoms with Crippen LogP contribution < -0.4 is 5.32 Å². The topological polar surface area (TPSA) is 41.6 Å². The molecule has 2 rings (SSSR count). The molecule has 1 aromatic carbocycles. The Balaban J connectivity index is 2.55. The number of halogens is 2. The molecular weight excluding hydrogens is 310 g/mol.